The monoisotopic (exact) mass is 411 g/mol. The number of aromatic amines is 1. The van der Waals surface area contributed by atoms with Crippen LogP contribution in [0.15, 0.2) is 64.5 Å². The van der Waals surface area contributed by atoms with Crippen molar-refractivity contribution < 1.29 is 14.3 Å². The number of carbonyl (C=O) groups excluding carboxylic acids is 1. The second kappa shape index (κ2) is 9.79. The van der Waals surface area contributed by atoms with Crippen molar-refractivity contribution in [1.29, 1.82) is 0 Å². The summed E-state index contributed by atoms with van der Waals surface area (Å²) in [5, 5.41) is 3.24. The van der Waals surface area contributed by atoms with E-state index in [9.17, 15) is 9.59 Å². The molecule has 0 radical (unpaired) electrons. The molecule has 8 heteroatoms. The van der Waals surface area contributed by atoms with E-state index < -0.39 is 0 Å². The minimum absolute atomic E-state index is 0.0192. The third-order valence-corrected chi connectivity index (χ3v) is 4.95. The second-order valence-electron chi connectivity index (χ2n) is 6.11. The van der Waals surface area contributed by atoms with Crippen LogP contribution in [0.4, 0.5) is 5.69 Å². The number of amides is 1. The van der Waals surface area contributed by atoms with Crippen LogP contribution in [-0.4, -0.2) is 30.1 Å². The maximum atomic E-state index is 12.4. The summed E-state index contributed by atoms with van der Waals surface area (Å²) >= 11 is 1.38. The number of carbonyl (C=O) groups is 1. The summed E-state index contributed by atoms with van der Waals surface area (Å²) in [6.07, 6.45) is -0.0192. The molecule has 7 nitrogen and oxygen atoms in total. The number of hydrogen-bond donors (Lipinski definition) is 2. The lowest BCUT2D eigenvalue weighted by Gasteiger charge is -2.10. The molecule has 1 heterocycles. The Balaban J connectivity index is 1.66. The van der Waals surface area contributed by atoms with Gasteiger partial charge in [0, 0.05) is 11.8 Å². The van der Waals surface area contributed by atoms with Crippen molar-refractivity contribution in [2.75, 3.05) is 19.5 Å². The molecule has 2 N–H and O–H groups in total. The molecular formula is C21H21N3O4S. The highest BCUT2D eigenvalue weighted by Crippen LogP contribution is 2.24. The lowest BCUT2D eigenvalue weighted by molar-refractivity contribution is -0.115. The Hall–Kier alpha value is -3.26. The van der Waals surface area contributed by atoms with Crippen LogP contribution in [0.1, 0.15) is 11.3 Å². The number of thioether (sulfide) groups is 1. The topological polar surface area (TPSA) is 93.3 Å². The van der Waals surface area contributed by atoms with Gasteiger partial charge in [-0.25, -0.2) is 4.98 Å². The van der Waals surface area contributed by atoms with E-state index in [0.29, 0.717) is 28.0 Å². The van der Waals surface area contributed by atoms with E-state index in [1.807, 2.05) is 30.3 Å². The molecule has 0 aliphatic heterocycles. The normalized spacial score (nSPS) is 10.4. The van der Waals surface area contributed by atoms with Crippen molar-refractivity contribution in [2.45, 2.75) is 17.3 Å². The van der Waals surface area contributed by atoms with Crippen LogP contribution in [0.2, 0.25) is 0 Å². The number of hydrogen-bond acceptors (Lipinski definition) is 6. The van der Waals surface area contributed by atoms with Crippen molar-refractivity contribution in [2.24, 2.45) is 0 Å². The van der Waals surface area contributed by atoms with Crippen LogP contribution in [-0.2, 0) is 17.0 Å². The van der Waals surface area contributed by atoms with Crippen LogP contribution >= 0.6 is 11.8 Å². The fourth-order valence-corrected chi connectivity index (χ4v) is 3.50. The van der Waals surface area contributed by atoms with Gasteiger partial charge < -0.3 is 19.8 Å². The van der Waals surface area contributed by atoms with Gasteiger partial charge in [0.2, 0.25) is 5.91 Å². The van der Waals surface area contributed by atoms with Gasteiger partial charge in [-0.1, -0.05) is 36.0 Å². The van der Waals surface area contributed by atoms with Gasteiger partial charge in [-0.3, -0.25) is 9.59 Å². The van der Waals surface area contributed by atoms with E-state index in [1.165, 1.54) is 24.9 Å². The predicted molar refractivity (Wildman–Crippen MR) is 113 cm³/mol. The molecule has 1 amide bonds. The fourth-order valence-electron chi connectivity index (χ4n) is 2.66. The Morgan fingerprint density at radius 2 is 1.93 bits per heavy atom. The van der Waals surface area contributed by atoms with Crippen molar-refractivity contribution in [3.63, 3.8) is 0 Å². The summed E-state index contributed by atoms with van der Waals surface area (Å²) in [5.74, 6) is 1.66. The highest BCUT2D eigenvalue weighted by molar-refractivity contribution is 7.98. The molecule has 150 valence electrons. The van der Waals surface area contributed by atoms with Crippen molar-refractivity contribution in [3.05, 3.63) is 76.2 Å². The second-order valence-corrected chi connectivity index (χ2v) is 7.07. The lowest BCUT2D eigenvalue weighted by atomic mass is 10.2. The van der Waals surface area contributed by atoms with Crippen molar-refractivity contribution in [1.82, 2.24) is 9.97 Å². The summed E-state index contributed by atoms with van der Waals surface area (Å²) in [6.45, 7) is 0. The van der Waals surface area contributed by atoms with Crippen LogP contribution in [0.25, 0.3) is 0 Å². The summed E-state index contributed by atoms with van der Waals surface area (Å²) in [5.41, 5.74) is 1.70. The maximum absolute atomic E-state index is 12.4. The standard InChI is InChI=1S/C21H21N3O4S/c1-27-16-7-5-6-14(10-16)13-29-21-22-15(12-20(26)24-21)11-19(25)23-17-8-3-4-9-18(17)28-2/h3-10,12H,11,13H2,1-2H3,(H,23,25)(H,22,24,26). The number of methoxy groups -OCH3 is 2. The van der Waals surface area contributed by atoms with Gasteiger partial charge in [0.1, 0.15) is 11.5 Å². The summed E-state index contributed by atoms with van der Waals surface area (Å²) in [7, 11) is 3.15. The number of benzene rings is 2. The van der Waals surface area contributed by atoms with Gasteiger partial charge in [-0.05, 0) is 29.8 Å². The summed E-state index contributed by atoms with van der Waals surface area (Å²) < 4.78 is 10.4. The predicted octanol–water partition coefficient (Wildman–Crippen LogP) is 3.26. The maximum Gasteiger partial charge on any atom is 0.251 e. The van der Waals surface area contributed by atoms with E-state index in [-0.39, 0.29) is 17.9 Å². The smallest absolute Gasteiger partial charge is 0.251 e. The molecule has 0 spiro atoms. The van der Waals surface area contributed by atoms with Crippen LogP contribution < -0.4 is 20.3 Å². The zero-order chi connectivity index (χ0) is 20.6. The molecule has 3 aromatic rings. The van der Waals surface area contributed by atoms with Crippen LogP contribution in [0.3, 0.4) is 0 Å². The van der Waals surface area contributed by atoms with E-state index in [2.05, 4.69) is 15.3 Å². The third kappa shape index (κ3) is 5.86. The first-order valence-corrected chi connectivity index (χ1v) is 9.85. The Labute approximate surface area is 172 Å². The molecule has 0 fully saturated rings. The number of nitrogens with zero attached hydrogens (tertiary/aromatic N) is 1. The molecule has 0 saturated heterocycles. The van der Waals surface area contributed by atoms with E-state index in [1.54, 1.807) is 25.3 Å². The summed E-state index contributed by atoms with van der Waals surface area (Å²) in [4.78, 5) is 31.5. The number of aromatic nitrogens is 2. The molecule has 0 bridgehead atoms. The molecule has 0 aliphatic carbocycles. The minimum atomic E-state index is -0.298. The highest BCUT2D eigenvalue weighted by atomic mass is 32.2. The molecule has 0 unspecified atom stereocenters. The Bertz CT molecular complexity index is 1050. The molecule has 0 aliphatic rings. The van der Waals surface area contributed by atoms with E-state index in [4.69, 9.17) is 9.47 Å². The van der Waals surface area contributed by atoms with Gasteiger partial charge in [0.15, 0.2) is 5.16 Å². The summed E-state index contributed by atoms with van der Waals surface area (Å²) in [6, 6.07) is 16.1. The van der Waals surface area contributed by atoms with E-state index >= 15 is 0 Å². The molecule has 29 heavy (non-hydrogen) atoms. The minimum Gasteiger partial charge on any atom is -0.497 e. The number of nitrogens with one attached hydrogen (secondary N) is 2. The third-order valence-electron chi connectivity index (χ3n) is 4.01. The van der Waals surface area contributed by atoms with Crippen molar-refractivity contribution in [3.8, 4) is 11.5 Å². The zero-order valence-electron chi connectivity index (χ0n) is 16.1. The molecule has 1 aromatic heterocycles. The van der Waals surface area contributed by atoms with Gasteiger partial charge >= 0.3 is 0 Å². The molecular weight excluding hydrogens is 390 g/mol. The number of anilines is 1. The molecule has 0 atom stereocenters. The van der Waals surface area contributed by atoms with Gasteiger partial charge in [0.25, 0.3) is 5.56 Å². The quantitative estimate of drug-likeness (QED) is 0.437. The first-order chi connectivity index (χ1) is 14.1. The Morgan fingerprint density at radius 3 is 2.72 bits per heavy atom. The SMILES string of the molecule is COc1cccc(CSc2nc(CC(=O)Nc3ccccc3OC)cc(=O)[nH]2)c1. The molecule has 0 saturated carbocycles. The largest absolute Gasteiger partial charge is 0.497 e. The first-order valence-electron chi connectivity index (χ1n) is 8.86. The Morgan fingerprint density at radius 1 is 1.10 bits per heavy atom. The number of para-hydroxylation sites is 2. The number of H-pyrrole nitrogens is 1. The molecule has 2 aromatic carbocycles. The number of rotatable bonds is 8. The van der Waals surface area contributed by atoms with E-state index in [0.717, 1.165) is 11.3 Å². The molecule has 3 rings (SSSR count). The fraction of sp³-hybridized carbons (Fsp3) is 0.190. The van der Waals surface area contributed by atoms with Gasteiger partial charge in [0.05, 0.1) is 32.0 Å². The van der Waals surface area contributed by atoms with Gasteiger partial charge in [-0.2, -0.15) is 0 Å². The first kappa shape index (κ1) is 20.5. The average molecular weight is 411 g/mol. The van der Waals surface area contributed by atoms with Crippen LogP contribution in [0.5, 0.6) is 11.5 Å². The zero-order valence-corrected chi connectivity index (χ0v) is 16.9. The van der Waals surface area contributed by atoms with Crippen molar-refractivity contribution >= 4 is 23.4 Å². The number of ether oxygens (including phenoxy) is 2. The average Bonchev–Trinajstić information content (AvgIpc) is 2.72. The van der Waals surface area contributed by atoms with Gasteiger partial charge in [-0.15, -0.1) is 0 Å². The van der Waals surface area contributed by atoms with Crippen LogP contribution in [0, 0.1) is 0 Å². The highest BCUT2D eigenvalue weighted by Gasteiger charge is 2.11. The Kier molecular flexibility index (Phi) is 6.91. The lowest BCUT2D eigenvalue weighted by Crippen LogP contribution is -2.18.